The van der Waals surface area contributed by atoms with Crippen molar-refractivity contribution in [1.29, 1.82) is 0 Å². The van der Waals surface area contributed by atoms with E-state index in [1.54, 1.807) is 55.6 Å². The van der Waals surface area contributed by atoms with Crippen molar-refractivity contribution in [3.63, 3.8) is 0 Å². The van der Waals surface area contributed by atoms with E-state index in [2.05, 4.69) is 35.3 Å². The average Bonchev–Trinajstić information content (AvgIpc) is 2.96. The third kappa shape index (κ3) is 11.0. The molecule has 202 valence electrons. The highest BCUT2D eigenvalue weighted by Gasteiger charge is 2.17. The molecule has 4 aromatic rings. The molecule has 0 bridgehead atoms. The Morgan fingerprint density at radius 2 is 1.32 bits per heavy atom. The first-order chi connectivity index (χ1) is 18.6. The molecular formula is C31H39N3O4. The Kier molecular flexibility index (Phi) is 14.6. The Bertz CT molecular complexity index is 1120. The maximum atomic E-state index is 8.63. The summed E-state index contributed by atoms with van der Waals surface area (Å²) >= 11 is 0. The van der Waals surface area contributed by atoms with Crippen molar-refractivity contribution in [1.82, 2.24) is 15.4 Å². The van der Waals surface area contributed by atoms with Crippen molar-refractivity contribution in [3.05, 3.63) is 96.2 Å². The lowest BCUT2D eigenvalue weighted by molar-refractivity contribution is 0.111. The van der Waals surface area contributed by atoms with Gasteiger partial charge in [-0.2, -0.15) is 0 Å². The number of nitrogens with zero attached hydrogens (tertiary/aromatic N) is 3. The number of rotatable bonds is 10. The Balaban J connectivity index is 0.000000291. The number of hydrogen-bond donors (Lipinski definition) is 2. The van der Waals surface area contributed by atoms with Gasteiger partial charge in [0.25, 0.3) is 0 Å². The molecule has 0 amide bonds. The summed E-state index contributed by atoms with van der Waals surface area (Å²) in [4.78, 5) is 0. The van der Waals surface area contributed by atoms with Gasteiger partial charge in [-0.25, -0.2) is 0 Å². The molecule has 3 aromatic carbocycles. The molecule has 1 heterocycles. The van der Waals surface area contributed by atoms with E-state index in [-0.39, 0.29) is 0 Å². The van der Waals surface area contributed by atoms with Crippen LogP contribution in [0.15, 0.2) is 84.9 Å². The molecule has 7 nitrogen and oxygen atoms in total. The van der Waals surface area contributed by atoms with Gasteiger partial charge in [-0.15, -0.1) is 10.2 Å². The van der Waals surface area contributed by atoms with Crippen LogP contribution in [0.1, 0.15) is 50.8 Å². The molecule has 0 unspecified atom stereocenters. The monoisotopic (exact) mass is 517 g/mol. The highest BCUT2D eigenvalue weighted by atomic mass is 16.5. The van der Waals surface area contributed by atoms with E-state index in [1.165, 1.54) is 24.8 Å². The van der Waals surface area contributed by atoms with Crippen molar-refractivity contribution >= 4 is 0 Å². The van der Waals surface area contributed by atoms with Crippen LogP contribution in [0.4, 0.5) is 0 Å². The van der Waals surface area contributed by atoms with Crippen molar-refractivity contribution in [2.45, 2.75) is 52.6 Å². The summed E-state index contributed by atoms with van der Waals surface area (Å²) in [5.74, 6) is 1.30. The normalized spacial score (nSPS) is 9.97. The van der Waals surface area contributed by atoms with Crippen LogP contribution in [-0.2, 0) is 17.8 Å². The van der Waals surface area contributed by atoms with Gasteiger partial charge in [0.05, 0.1) is 13.7 Å². The highest BCUT2D eigenvalue weighted by molar-refractivity contribution is 5.70. The molecule has 0 fully saturated rings. The molecule has 0 saturated carbocycles. The second-order valence-electron chi connectivity index (χ2n) is 8.41. The van der Waals surface area contributed by atoms with Crippen LogP contribution in [0.5, 0.6) is 17.2 Å². The van der Waals surface area contributed by atoms with Gasteiger partial charge in [0.15, 0.2) is 5.75 Å². The lowest BCUT2D eigenvalue weighted by Crippen LogP contribution is -2.06. The SMILES string of the molecule is CCCCCCOCc1nnnc(-c2ccccc2CC)c1OC.Oc1ccccc1.Oc1ccccc1. The molecule has 0 saturated heterocycles. The van der Waals surface area contributed by atoms with Crippen molar-refractivity contribution in [2.24, 2.45) is 0 Å². The first-order valence-electron chi connectivity index (χ1n) is 13.0. The van der Waals surface area contributed by atoms with Gasteiger partial charge in [0.2, 0.25) is 0 Å². The number of phenols is 2. The first kappa shape index (κ1) is 30.3. The van der Waals surface area contributed by atoms with E-state index in [0.717, 1.165) is 30.7 Å². The van der Waals surface area contributed by atoms with E-state index < -0.39 is 0 Å². The number of ether oxygens (including phenoxy) is 2. The Hall–Kier alpha value is -3.97. The molecule has 4 rings (SSSR count). The minimum Gasteiger partial charge on any atom is -0.508 e. The molecule has 0 aliphatic carbocycles. The van der Waals surface area contributed by atoms with E-state index in [0.29, 0.717) is 29.5 Å². The Morgan fingerprint density at radius 3 is 1.84 bits per heavy atom. The maximum Gasteiger partial charge on any atom is 0.172 e. The number of aromatic hydroxyl groups is 2. The second kappa shape index (κ2) is 18.3. The third-order valence-corrected chi connectivity index (χ3v) is 5.54. The molecule has 0 atom stereocenters. The number of para-hydroxylation sites is 2. The van der Waals surface area contributed by atoms with Gasteiger partial charge >= 0.3 is 0 Å². The fraction of sp³-hybridized carbons (Fsp3) is 0.323. The number of unbranched alkanes of at least 4 members (excludes halogenated alkanes) is 3. The van der Waals surface area contributed by atoms with Crippen LogP contribution in [-0.4, -0.2) is 39.3 Å². The van der Waals surface area contributed by atoms with Gasteiger partial charge in [-0.3, -0.25) is 0 Å². The summed E-state index contributed by atoms with van der Waals surface area (Å²) in [5.41, 5.74) is 3.68. The first-order valence-corrected chi connectivity index (χ1v) is 13.0. The van der Waals surface area contributed by atoms with Gasteiger partial charge < -0.3 is 19.7 Å². The lowest BCUT2D eigenvalue weighted by atomic mass is 10.0. The van der Waals surface area contributed by atoms with Gasteiger partial charge in [-0.05, 0) is 47.9 Å². The molecule has 2 N–H and O–H groups in total. The summed E-state index contributed by atoms with van der Waals surface area (Å²) in [6.07, 6.45) is 5.67. The zero-order valence-corrected chi connectivity index (χ0v) is 22.6. The van der Waals surface area contributed by atoms with Gasteiger partial charge in [-0.1, -0.05) is 93.8 Å². The Morgan fingerprint density at radius 1 is 0.711 bits per heavy atom. The summed E-state index contributed by atoms with van der Waals surface area (Å²) in [7, 11) is 1.64. The second-order valence-corrected chi connectivity index (χ2v) is 8.41. The number of methoxy groups -OCH3 is 1. The van der Waals surface area contributed by atoms with Crippen molar-refractivity contribution in [2.75, 3.05) is 13.7 Å². The van der Waals surface area contributed by atoms with Gasteiger partial charge in [0, 0.05) is 12.2 Å². The van der Waals surface area contributed by atoms with Crippen LogP contribution >= 0.6 is 0 Å². The van der Waals surface area contributed by atoms with Crippen molar-refractivity contribution < 1.29 is 19.7 Å². The fourth-order valence-electron chi connectivity index (χ4n) is 3.55. The topological polar surface area (TPSA) is 97.6 Å². The van der Waals surface area contributed by atoms with Crippen molar-refractivity contribution in [3.8, 4) is 28.5 Å². The molecule has 38 heavy (non-hydrogen) atoms. The van der Waals surface area contributed by atoms with Crippen LogP contribution in [0.25, 0.3) is 11.3 Å². The fourth-order valence-corrected chi connectivity index (χ4v) is 3.55. The van der Waals surface area contributed by atoms with Gasteiger partial charge in [0.1, 0.15) is 22.9 Å². The van der Waals surface area contributed by atoms with E-state index in [9.17, 15) is 0 Å². The lowest BCUT2D eigenvalue weighted by Gasteiger charge is -2.13. The highest BCUT2D eigenvalue weighted by Crippen LogP contribution is 2.32. The molecule has 0 radical (unpaired) electrons. The number of aromatic nitrogens is 3. The summed E-state index contributed by atoms with van der Waals surface area (Å²) in [6.45, 7) is 5.45. The maximum absolute atomic E-state index is 8.63. The minimum absolute atomic E-state index is 0.322. The summed E-state index contributed by atoms with van der Waals surface area (Å²) in [5, 5.41) is 29.5. The third-order valence-electron chi connectivity index (χ3n) is 5.54. The van der Waals surface area contributed by atoms with Crippen LogP contribution in [0.2, 0.25) is 0 Å². The summed E-state index contributed by atoms with van der Waals surface area (Å²) in [6, 6.07) is 25.6. The minimum atomic E-state index is 0.322. The van der Waals surface area contributed by atoms with Crippen LogP contribution < -0.4 is 4.74 Å². The Labute approximate surface area is 226 Å². The number of aryl methyl sites for hydroxylation is 1. The standard InChI is InChI=1S/C19H27N3O2.2C6H6O/c1-4-6-7-10-13-24-14-17-19(23-3)18(21-22-20-17)16-12-9-8-11-15(16)5-2;2*7-6-4-2-1-3-5-6/h8-9,11-12H,4-7,10,13-14H2,1-3H3;2*1-5,7H. The zero-order valence-electron chi connectivity index (χ0n) is 22.6. The van der Waals surface area contributed by atoms with E-state index in [1.807, 2.05) is 30.3 Å². The smallest absolute Gasteiger partial charge is 0.172 e. The van der Waals surface area contributed by atoms with Crippen LogP contribution in [0.3, 0.4) is 0 Å². The quantitative estimate of drug-likeness (QED) is 0.219. The number of phenolic OH excluding ortho intramolecular Hbond substituents is 2. The predicted molar refractivity (Wildman–Crippen MR) is 151 cm³/mol. The van der Waals surface area contributed by atoms with E-state index in [4.69, 9.17) is 19.7 Å². The molecule has 1 aromatic heterocycles. The van der Waals surface area contributed by atoms with E-state index >= 15 is 0 Å². The molecule has 0 aliphatic rings. The molecule has 7 heteroatoms. The van der Waals surface area contributed by atoms with Crippen LogP contribution in [0, 0.1) is 0 Å². The largest absolute Gasteiger partial charge is 0.508 e. The molecule has 0 aliphatic heterocycles. The summed E-state index contributed by atoms with van der Waals surface area (Å²) < 4.78 is 11.3. The molecule has 0 spiro atoms. The average molecular weight is 518 g/mol. The number of hydrogen-bond acceptors (Lipinski definition) is 7. The predicted octanol–water partition coefficient (Wildman–Crippen LogP) is 6.99. The number of benzene rings is 3. The molecular weight excluding hydrogens is 478 g/mol. The zero-order chi connectivity index (χ0) is 27.4.